The molecule has 1 aromatic rings. The highest BCUT2D eigenvalue weighted by atomic mass is 16.5. The molecule has 2 rings (SSSR count). The van der Waals surface area contributed by atoms with E-state index >= 15 is 0 Å². The number of ether oxygens (including phenoxy) is 1. The van der Waals surface area contributed by atoms with Crippen LogP contribution in [-0.2, 0) is 6.54 Å². The molecule has 0 aliphatic heterocycles. The number of rotatable bonds is 6. The maximum Gasteiger partial charge on any atom is 0.127 e. The lowest BCUT2D eigenvalue weighted by Crippen LogP contribution is -2.26. The van der Waals surface area contributed by atoms with Crippen LogP contribution in [0.1, 0.15) is 29.8 Å². The first-order valence-corrected chi connectivity index (χ1v) is 6.62. The number of likely N-dealkylation sites (N-methyl/N-ethyl adjacent to an activating group) is 1. The van der Waals surface area contributed by atoms with Crippen LogP contribution in [0, 0.1) is 13.8 Å². The van der Waals surface area contributed by atoms with Gasteiger partial charge in [0.2, 0.25) is 0 Å². The van der Waals surface area contributed by atoms with E-state index in [-0.39, 0.29) is 0 Å². The summed E-state index contributed by atoms with van der Waals surface area (Å²) in [5.74, 6) is 0.895. The van der Waals surface area contributed by atoms with E-state index < -0.39 is 0 Å². The highest BCUT2D eigenvalue weighted by molar-refractivity contribution is 5.37. The Morgan fingerprint density at radius 2 is 2.17 bits per heavy atom. The van der Waals surface area contributed by atoms with Crippen LogP contribution in [0.25, 0.3) is 0 Å². The minimum atomic E-state index is 0.479. The molecule has 0 radical (unpaired) electrons. The van der Waals surface area contributed by atoms with Gasteiger partial charge in [-0.2, -0.15) is 0 Å². The van der Waals surface area contributed by atoms with Crippen molar-refractivity contribution in [1.82, 2.24) is 9.88 Å². The summed E-state index contributed by atoms with van der Waals surface area (Å²) in [7, 11) is 2.16. The van der Waals surface area contributed by atoms with Crippen molar-refractivity contribution >= 4 is 0 Å². The van der Waals surface area contributed by atoms with E-state index in [0.29, 0.717) is 13.2 Å². The zero-order valence-electron chi connectivity index (χ0n) is 11.6. The molecule has 1 aliphatic rings. The normalized spacial score (nSPS) is 15.2. The number of aromatic nitrogens is 1. The van der Waals surface area contributed by atoms with Gasteiger partial charge in [-0.25, -0.2) is 0 Å². The Balaban J connectivity index is 1.94. The summed E-state index contributed by atoms with van der Waals surface area (Å²) in [6, 6.07) is 2.76. The van der Waals surface area contributed by atoms with Gasteiger partial charge in [0.1, 0.15) is 12.4 Å². The minimum Gasteiger partial charge on any atom is -0.492 e. The van der Waals surface area contributed by atoms with Gasteiger partial charge in [-0.1, -0.05) is 0 Å². The molecule has 1 aromatic heterocycles. The summed E-state index contributed by atoms with van der Waals surface area (Å²) in [6.45, 7) is 6.12. The molecule has 0 bridgehead atoms. The van der Waals surface area contributed by atoms with E-state index in [9.17, 15) is 0 Å². The van der Waals surface area contributed by atoms with Gasteiger partial charge < -0.3 is 15.4 Å². The van der Waals surface area contributed by atoms with Crippen molar-refractivity contribution in [2.75, 3.05) is 20.2 Å². The van der Waals surface area contributed by atoms with E-state index in [4.69, 9.17) is 10.5 Å². The highest BCUT2D eigenvalue weighted by Gasteiger charge is 2.25. The second kappa shape index (κ2) is 5.67. The molecule has 1 heterocycles. The van der Waals surface area contributed by atoms with Gasteiger partial charge in [-0.05, 0) is 33.7 Å². The predicted octanol–water partition coefficient (Wildman–Crippen LogP) is 1.63. The van der Waals surface area contributed by atoms with Crippen molar-refractivity contribution in [2.24, 2.45) is 5.73 Å². The van der Waals surface area contributed by atoms with E-state index in [2.05, 4.69) is 16.9 Å². The molecule has 18 heavy (non-hydrogen) atoms. The SMILES string of the molecule is Cc1cc(OCCN(C)C2CC2)c(CN)c(C)n1. The Morgan fingerprint density at radius 1 is 1.44 bits per heavy atom. The van der Waals surface area contributed by atoms with Crippen LogP contribution in [0.2, 0.25) is 0 Å². The number of hydrogen-bond donors (Lipinski definition) is 1. The summed E-state index contributed by atoms with van der Waals surface area (Å²) in [6.07, 6.45) is 2.66. The molecule has 0 unspecified atom stereocenters. The van der Waals surface area contributed by atoms with E-state index in [1.807, 2.05) is 19.9 Å². The number of nitrogens with zero attached hydrogens (tertiary/aromatic N) is 2. The van der Waals surface area contributed by atoms with Crippen LogP contribution < -0.4 is 10.5 Å². The molecule has 0 saturated heterocycles. The van der Waals surface area contributed by atoms with Crippen molar-refractivity contribution in [2.45, 2.75) is 39.3 Å². The van der Waals surface area contributed by atoms with Crippen LogP contribution in [0.3, 0.4) is 0 Å². The quantitative estimate of drug-likeness (QED) is 0.832. The van der Waals surface area contributed by atoms with Crippen molar-refractivity contribution < 1.29 is 4.74 Å². The van der Waals surface area contributed by atoms with Crippen LogP contribution in [0.5, 0.6) is 5.75 Å². The molecule has 2 N–H and O–H groups in total. The van der Waals surface area contributed by atoms with Gasteiger partial charge in [0.25, 0.3) is 0 Å². The Morgan fingerprint density at radius 3 is 2.78 bits per heavy atom. The van der Waals surface area contributed by atoms with Crippen LogP contribution >= 0.6 is 0 Å². The summed E-state index contributed by atoms with van der Waals surface area (Å²) >= 11 is 0. The molecule has 0 aromatic carbocycles. The maximum absolute atomic E-state index is 5.88. The average molecular weight is 249 g/mol. The van der Waals surface area contributed by atoms with Gasteiger partial charge in [0, 0.05) is 42.1 Å². The number of nitrogens with two attached hydrogens (primary N) is 1. The fourth-order valence-corrected chi connectivity index (χ4v) is 2.19. The fourth-order valence-electron chi connectivity index (χ4n) is 2.19. The highest BCUT2D eigenvalue weighted by Crippen LogP contribution is 2.25. The van der Waals surface area contributed by atoms with E-state index in [1.165, 1.54) is 12.8 Å². The first-order valence-electron chi connectivity index (χ1n) is 6.62. The van der Waals surface area contributed by atoms with Crippen molar-refractivity contribution in [3.8, 4) is 5.75 Å². The first-order chi connectivity index (χ1) is 8.61. The topological polar surface area (TPSA) is 51.4 Å². The summed E-state index contributed by atoms with van der Waals surface area (Å²) in [4.78, 5) is 6.78. The third-order valence-electron chi connectivity index (χ3n) is 3.49. The van der Waals surface area contributed by atoms with E-state index in [0.717, 1.165) is 35.3 Å². The number of pyridine rings is 1. The largest absolute Gasteiger partial charge is 0.492 e. The minimum absolute atomic E-state index is 0.479. The van der Waals surface area contributed by atoms with Gasteiger partial charge in [0.05, 0.1) is 0 Å². The molecular formula is C14H23N3O. The molecule has 1 aliphatic carbocycles. The van der Waals surface area contributed by atoms with Crippen LogP contribution in [0.4, 0.5) is 0 Å². The third kappa shape index (κ3) is 3.21. The monoisotopic (exact) mass is 249 g/mol. The molecule has 0 atom stereocenters. The van der Waals surface area contributed by atoms with E-state index in [1.54, 1.807) is 0 Å². The Bertz CT molecular complexity index is 416. The predicted molar refractivity (Wildman–Crippen MR) is 72.7 cm³/mol. The summed E-state index contributed by atoms with van der Waals surface area (Å²) in [5.41, 5.74) is 8.74. The fraction of sp³-hybridized carbons (Fsp3) is 0.643. The molecular weight excluding hydrogens is 226 g/mol. The van der Waals surface area contributed by atoms with Gasteiger partial charge in [0.15, 0.2) is 0 Å². The first kappa shape index (κ1) is 13.3. The van der Waals surface area contributed by atoms with Gasteiger partial charge >= 0.3 is 0 Å². The zero-order valence-corrected chi connectivity index (χ0v) is 11.6. The molecule has 1 saturated carbocycles. The summed E-state index contributed by atoms with van der Waals surface area (Å²) in [5, 5.41) is 0. The zero-order chi connectivity index (χ0) is 13.1. The van der Waals surface area contributed by atoms with Crippen molar-refractivity contribution in [3.05, 3.63) is 23.0 Å². The van der Waals surface area contributed by atoms with Crippen molar-refractivity contribution in [1.29, 1.82) is 0 Å². The molecule has 4 heteroatoms. The molecule has 0 amide bonds. The van der Waals surface area contributed by atoms with Gasteiger partial charge in [-0.3, -0.25) is 4.98 Å². The molecule has 1 fully saturated rings. The standard InChI is InChI=1S/C14H23N3O/c1-10-8-14(13(9-15)11(2)16-10)18-7-6-17(3)12-4-5-12/h8,12H,4-7,9,15H2,1-3H3. The molecule has 0 spiro atoms. The lowest BCUT2D eigenvalue weighted by molar-refractivity contribution is 0.230. The Labute approximate surface area is 109 Å². The smallest absolute Gasteiger partial charge is 0.127 e. The third-order valence-corrected chi connectivity index (χ3v) is 3.49. The lowest BCUT2D eigenvalue weighted by Gasteiger charge is -2.18. The van der Waals surface area contributed by atoms with Crippen LogP contribution in [0.15, 0.2) is 6.07 Å². The molecule has 4 nitrogen and oxygen atoms in total. The maximum atomic E-state index is 5.88. The number of aryl methyl sites for hydroxylation is 2. The molecule has 100 valence electrons. The van der Waals surface area contributed by atoms with Gasteiger partial charge in [-0.15, -0.1) is 0 Å². The summed E-state index contributed by atoms with van der Waals surface area (Å²) < 4.78 is 5.88. The Hall–Kier alpha value is -1.13. The second-order valence-corrected chi connectivity index (χ2v) is 5.09. The van der Waals surface area contributed by atoms with Crippen LogP contribution in [-0.4, -0.2) is 36.1 Å². The average Bonchev–Trinajstić information content (AvgIpc) is 3.12. The second-order valence-electron chi connectivity index (χ2n) is 5.09. The van der Waals surface area contributed by atoms with Crippen molar-refractivity contribution in [3.63, 3.8) is 0 Å². The lowest BCUT2D eigenvalue weighted by atomic mass is 10.1. The Kier molecular flexibility index (Phi) is 4.19. The number of hydrogen-bond acceptors (Lipinski definition) is 4.